The van der Waals surface area contributed by atoms with Gasteiger partial charge in [-0.1, -0.05) is 6.92 Å². The Morgan fingerprint density at radius 1 is 1.21 bits per heavy atom. The van der Waals surface area contributed by atoms with Crippen LogP contribution in [0.15, 0.2) is 24.5 Å². The summed E-state index contributed by atoms with van der Waals surface area (Å²) in [5.74, 6) is -0.314. The number of rotatable bonds is 4. The maximum Gasteiger partial charge on any atom is 0.434 e. The molecule has 0 radical (unpaired) electrons. The van der Waals surface area contributed by atoms with Crippen LogP contribution < -0.4 is 5.32 Å². The van der Waals surface area contributed by atoms with E-state index >= 15 is 0 Å². The smallest absolute Gasteiger partial charge is 0.426 e. The van der Waals surface area contributed by atoms with Crippen LogP contribution in [0, 0.1) is 5.41 Å². The van der Waals surface area contributed by atoms with E-state index in [1.165, 1.54) is 12.4 Å². The van der Waals surface area contributed by atoms with Gasteiger partial charge in [-0.15, -0.1) is 0 Å². The molecule has 1 aromatic heterocycles. The lowest BCUT2D eigenvalue weighted by Gasteiger charge is -2.39. The average molecular weight is 427 g/mol. The van der Waals surface area contributed by atoms with Crippen molar-refractivity contribution >= 4 is 17.7 Å². The minimum Gasteiger partial charge on any atom is -0.426 e. The predicted octanol–water partition coefficient (Wildman–Crippen LogP) is 4.14. The summed E-state index contributed by atoms with van der Waals surface area (Å²) >= 11 is 0. The van der Waals surface area contributed by atoms with Gasteiger partial charge in [0.05, 0.1) is 11.9 Å². The highest BCUT2D eigenvalue weighted by Gasteiger charge is 2.60. The van der Waals surface area contributed by atoms with E-state index in [-0.39, 0.29) is 38.3 Å². The second-order valence-corrected chi connectivity index (χ2v) is 7.11. The minimum atomic E-state index is -5.76. The summed E-state index contributed by atoms with van der Waals surface area (Å²) in [6.07, 6.45) is -13.9. The van der Waals surface area contributed by atoms with Gasteiger partial charge in [-0.25, -0.2) is 4.79 Å². The van der Waals surface area contributed by atoms with E-state index in [1.807, 2.05) is 0 Å². The molecule has 0 atom stereocenters. The number of hydrogen-bond acceptors (Lipinski definition) is 4. The van der Waals surface area contributed by atoms with Crippen molar-refractivity contribution in [3.63, 3.8) is 0 Å². The summed E-state index contributed by atoms with van der Waals surface area (Å²) in [5, 5.41) is 2.65. The largest absolute Gasteiger partial charge is 0.434 e. The van der Waals surface area contributed by atoms with E-state index in [2.05, 4.69) is 15.0 Å². The zero-order valence-electron chi connectivity index (χ0n) is 15.3. The molecule has 1 aromatic rings. The molecule has 0 spiro atoms. The van der Waals surface area contributed by atoms with Gasteiger partial charge in [0.1, 0.15) is 0 Å². The van der Waals surface area contributed by atoms with E-state index < -0.39 is 30.0 Å². The van der Waals surface area contributed by atoms with Crippen molar-refractivity contribution in [3.8, 4) is 0 Å². The van der Waals surface area contributed by atoms with Crippen molar-refractivity contribution in [1.82, 2.24) is 9.88 Å². The molecular weight excluding hydrogens is 408 g/mol. The summed E-state index contributed by atoms with van der Waals surface area (Å²) < 4.78 is 78.8. The summed E-state index contributed by atoms with van der Waals surface area (Å²) in [4.78, 5) is 28.6. The van der Waals surface area contributed by atoms with Crippen molar-refractivity contribution in [1.29, 1.82) is 0 Å². The SMILES string of the molecule is CC1(CC(=O)Nc2cccnc2)CCN(C(=O)OC(C(F)(F)F)C(F)(F)F)CC1. The second kappa shape index (κ2) is 8.46. The zero-order chi connectivity index (χ0) is 21.9. The first-order valence-electron chi connectivity index (χ1n) is 8.59. The van der Waals surface area contributed by atoms with Gasteiger partial charge in [0.15, 0.2) is 0 Å². The minimum absolute atomic E-state index is 0.0680. The second-order valence-electron chi connectivity index (χ2n) is 7.11. The average Bonchev–Trinajstić information content (AvgIpc) is 2.58. The van der Waals surface area contributed by atoms with E-state index in [0.717, 1.165) is 4.90 Å². The molecule has 2 amide bonds. The molecule has 1 saturated heterocycles. The standard InChI is InChI=1S/C17H19F6N3O3/c1-15(9-12(27)25-11-3-2-6-24-10-11)4-7-26(8-5-15)14(28)29-13(16(18,19)20)17(21,22)23/h2-3,6,10,13H,4-5,7-9H2,1H3,(H,25,27). The zero-order valence-corrected chi connectivity index (χ0v) is 15.3. The number of alkyl halides is 6. The Kier molecular flexibility index (Phi) is 6.63. The number of halogens is 6. The van der Waals surface area contributed by atoms with Gasteiger partial charge in [-0.3, -0.25) is 9.78 Å². The van der Waals surface area contributed by atoms with E-state index in [0.29, 0.717) is 5.69 Å². The number of amides is 2. The first kappa shape index (κ1) is 22.8. The Bertz CT molecular complexity index is 701. The summed E-state index contributed by atoms with van der Waals surface area (Å²) in [5.41, 5.74) is -0.0799. The lowest BCUT2D eigenvalue weighted by Crippen LogP contribution is -2.50. The number of nitrogens with one attached hydrogen (secondary N) is 1. The quantitative estimate of drug-likeness (QED) is 0.734. The third-order valence-corrected chi connectivity index (χ3v) is 4.57. The first-order chi connectivity index (χ1) is 13.3. The molecule has 162 valence electrons. The fourth-order valence-electron chi connectivity index (χ4n) is 2.93. The molecule has 29 heavy (non-hydrogen) atoms. The van der Waals surface area contributed by atoms with Crippen LogP contribution in [-0.4, -0.2) is 53.4 Å². The molecule has 2 heterocycles. The lowest BCUT2D eigenvalue weighted by molar-refractivity contribution is -0.308. The Balaban J connectivity index is 1.90. The molecule has 6 nitrogen and oxygen atoms in total. The van der Waals surface area contributed by atoms with Gasteiger partial charge in [0, 0.05) is 25.7 Å². The number of hydrogen-bond donors (Lipinski definition) is 1. The predicted molar refractivity (Wildman–Crippen MR) is 88.8 cm³/mol. The molecule has 2 rings (SSSR count). The number of carbonyl (C=O) groups is 2. The van der Waals surface area contributed by atoms with Crippen LogP contribution >= 0.6 is 0 Å². The van der Waals surface area contributed by atoms with Crippen molar-refractivity contribution in [2.45, 2.75) is 44.6 Å². The molecule has 1 fully saturated rings. The molecule has 0 aromatic carbocycles. The van der Waals surface area contributed by atoms with E-state index in [4.69, 9.17) is 0 Å². The topological polar surface area (TPSA) is 71.5 Å². The summed E-state index contributed by atoms with van der Waals surface area (Å²) in [7, 11) is 0. The highest BCUT2D eigenvalue weighted by molar-refractivity contribution is 5.90. The number of likely N-dealkylation sites (tertiary alicyclic amines) is 1. The van der Waals surface area contributed by atoms with Gasteiger partial charge >= 0.3 is 18.4 Å². The highest BCUT2D eigenvalue weighted by Crippen LogP contribution is 2.38. The molecule has 0 bridgehead atoms. The van der Waals surface area contributed by atoms with E-state index in [1.54, 1.807) is 19.1 Å². The molecular formula is C17H19F6N3O3. The Morgan fingerprint density at radius 2 is 1.79 bits per heavy atom. The fourth-order valence-corrected chi connectivity index (χ4v) is 2.93. The number of carbonyl (C=O) groups excluding carboxylic acids is 2. The third-order valence-electron chi connectivity index (χ3n) is 4.57. The number of aromatic nitrogens is 1. The van der Waals surface area contributed by atoms with Crippen LogP contribution in [0.3, 0.4) is 0 Å². The van der Waals surface area contributed by atoms with Gasteiger partial charge in [-0.05, 0) is 30.4 Å². The maximum atomic E-state index is 12.5. The molecule has 1 N–H and O–H groups in total. The van der Waals surface area contributed by atoms with Gasteiger partial charge in [0.25, 0.3) is 6.10 Å². The van der Waals surface area contributed by atoms with Crippen LogP contribution in [0.2, 0.25) is 0 Å². The molecule has 0 unspecified atom stereocenters. The molecule has 0 saturated carbocycles. The highest BCUT2D eigenvalue weighted by atomic mass is 19.4. The molecule has 12 heteroatoms. The van der Waals surface area contributed by atoms with Gasteiger partial charge in [-0.2, -0.15) is 26.3 Å². The van der Waals surface area contributed by atoms with Crippen LogP contribution in [0.4, 0.5) is 36.8 Å². The van der Waals surface area contributed by atoms with Gasteiger partial charge in [0.2, 0.25) is 5.91 Å². The number of ether oxygens (including phenoxy) is 1. The maximum absolute atomic E-state index is 12.5. The van der Waals surface area contributed by atoms with Crippen molar-refractivity contribution in [3.05, 3.63) is 24.5 Å². The van der Waals surface area contributed by atoms with E-state index in [9.17, 15) is 35.9 Å². The molecule has 1 aliphatic rings. The van der Waals surface area contributed by atoms with Crippen LogP contribution in [0.25, 0.3) is 0 Å². The third kappa shape index (κ3) is 6.50. The Hall–Kier alpha value is -2.53. The van der Waals surface area contributed by atoms with Crippen molar-refractivity contribution < 1.29 is 40.7 Å². The Labute approximate surface area is 162 Å². The first-order valence-corrected chi connectivity index (χ1v) is 8.59. The van der Waals surface area contributed by atoms with Crippen LogP contribution in [0.1, 0.15) is 26.2 Å². The number of nitrogens with zero attached hydrogens (tertiary/aromatic N) is 2. The number of pyridine rings is 1. The summed E-state index contributed by atoms with van der Waals surface area (Å²) in [6.45, 7) is 1.50. The molecule has 1 aliphatic heterocycles. The normalized spacial score (nSPS) is 17.2. The van der Waals surface area contributed by atoms with Crippen LogP contribution in [0.5, 0.6) is 0 Å². The van der Waals surface area contributed by atoms with Crippen LogP contribution in [-0.2, 0) is 9.53 Å². The van der Waals surface area contributed by atoms with Crippen molar-refractivity contribution in [2.24, 2.45) is 5.41 Å². The number of piperidine rings is 1. The fraction of sp³-hybridized carbons (Fsp3) is 0.588. The Morgan fingerprint density at radius 3 is 2.28 bits per heavy atom. The summed E-state index contributed by atoms with van der Waals surface area (Å²) in [6, 6.07) is 3.28. The molecule has 0 aliphatic carbocycles. The van der Waals surface area contributed by atoms with Crippen molar-refractivity contribution in [2.75, 3.05) is 18.4 Å². The lowest BCUT2D eigenvalue weighted by atomic mass is 9.77. The number of anilines is 1. The monoisotopic (exact) mass is 427 g/mol. The van der Waals surface area contributed by atoms with Gasteiger partial charge < -0.3 is 15.0 Å².